The van der Waals surface area contributed by atoms with Crippen molar-refractivity contribution in [3.05, 3.63) is 33.8 Å². The van der Waals surface area contributed by atoms with Gasteiger partial charge < -0.3 is 5.11 Å². The summed E-state index contributed by atoms with van der Waals surface area (Å²) in [5.74, 6) is -0.453. The van der Waals surface area contributed by atoms with Gasteiger partial charge in [0.2, 0.25) is 0 Å². The zero-order valence-corrected chi connectivity index (χ0v) is 11.7. The lowest BCUT2D eigenvalue weighted by Crippen LogP contribution is -2.31. The van der Waals surface area contributed by atoms with E-state index in [1.54, 1.807) is 12.1 Å². The summed E-state index contributed by atoms with van der Waals surface area (Å²) in [6.07, 6.45) is 3.27. The Morgan fingerprint density at radius 3 is 2.16 bits per heavy atom. The number of aromatic hydroxyl groups is 1. The average molecular weight is 322 g/mol. The minimum absolute atomic E-state index is 0.0166. The summed E-state index contributed by atoms with van der Waals surface area (Å²) >= 11 is 3.18. The largest absolute Gasteiger partial charge is 0.507 e. The Kier molecular flexibility index (Phi) is 2.93. The lowest BCUT2D eigenvalue weighted by atomic mass is 9.93. The van der Waals surface area contributed by atoms with E-state index in [4.69, 9.17) is 0 Å². The second-order valence-electron chi connectivity index (χ2n) is 4.75. The fraction of sp³-hybridized carbons (Fsp3) is 0.286. The second kappa shape index (κ2) is 4.49. The first-order valence-electron chi connectivity index (χ1n) is 6.19. The first-order valence-corrected chi connectivity index (χ1v) is 6.98. The highest BCUT2D eigenvalue weighted by Crippen LogP contribution is 2.37. The lowest BCUT2D eigenvalue weighted by Gasteiger charge is -2.15. The summed E-state index contributed by atoms with van der Waals surface area (Å²) in [4.78, 5) is 25.8. The maximum Gasteiger partial charge on any atom is 0.261 e. The molecule has 1 N–H and O–H groups in total. The topological polar surface area (TPSA) is 57.6 Å². The van der Waals surface area contributed by atoms with Crippen LogP contribution in [-0.4, -0.2) is 16.9 Å². The Morgan fingerprint density at radius 1 is 1.05 bits per heavy atom. The standard InChI is InChI=1S/C14H12BrNO3/c15-11-6-5-8(7-12(11)17)16-13(18)9-3-1-2-4-10(9)14(16)19/h5-7,17H,1-4H2. The molecule has 0 atom stereocenters. The number of amides is 2. The molecule has 3 rings (SSSR count). The predicted molar refractivity (Wildman–Crippen MR) is 73.8 cm³/mol. The number of carbonyl (C=O) groups is 2. The van der Waals surface area contributed by atoms with Crippen LogP contribution in [0.15, 0.2) is 33.8 Å². The number of anilines is 1. The van der Waals surface area contributed by atoms with Gasteiger partial charge in [-0.05, 0) is 53.7 Å². The number of halogens is 1. The van der Waals surface area contributed by atoms with E-state index in [1.165, 1.54) is 11.0 Å². The maximum atomic E-state index is 12.3. The number of benzene rings is 1. The van der Waals surface area contributed by atoms with Crippen molar-refractivity contribution in [3.63, 3.8) is 0 Å². The molecule has 0 radical (unpaired) electrons. The van der Waals surface area contributed by atoms with E-state index in [-0.39, 0.29) is 17.6 Å². The van der Waals surface area contributed by atoms with Gasteiger partial charge in [-0.1, -0.05) is 0 Å². The molecule has 1 aliphatic carbocycles. The highest BCUT2D eigenvalue weighted by atomic mass is 79.9. The molecular formula is C14H12BrNO3. The summed E-state index contributed by atoms with van der Waals surface area (Å²) in [6.45, 7) is 0. The van der Waals surface area contributed by atoms with Crippen LogP contribution >= 0.6 is 15.9 Å². The fourth-order valence-corrected chi connectivity index (χ4v) is 2.86. The molecular weight excluding hydrogens is 310 g/mol. The quantitative estimate of drug-likeness (QED) is 0.809. The molecule has 1 aromatic rings. The Labute approximate surface area is 118 Å². The zero-order chi connectivity index (χ0) is 13.6. The number of rotatable bonds is 1. The van der Waals surface area contributed by atoms with E-state index in [0.29, 0.717) is 34.1 Å². The van der Waals surface area contributed by atoms with Crippen molar-refractivity contribution < 1.29 is 14.7 Å². The van der Waals surface area contributed by atoms with Crippen molar-refractivity contribution in [1.82, 2.24) is 0 Å². The van der Waals surface area contributed by atoms with Crippen LogP contribution in [0.3, 0.4) is 0 Å². The number of hydrogen-bond donors (Lipinski definition) is 1. The van der Waals surface area contributed by atoms with Gasteiger partial charge >= 0.3 is 0 Å². The van der Waals surface area contributed by atoms with E-state index in [2.05, 4.69) is 15.9 Å². The van der Waals surface area contributed by atoms with Crippen molar-refractivity contribution >= 4 is 33.4 Å². The summed E-state index contributed by atoms with van der Waals surface area (Å²) in [5, 5.41) is 9.68. The van der Waals surface area contributed by atoms with E-state index in [0.717, 1.165) is 12.8 Å². The third-order valence-electron chi connectivity index (χ3n) is 3.58. The van der Waals surface area contributed by atoms with Gasteiger partial charge in [0.25, 0.3) is 11.8 Å². The SMILES string of the molecule is O=C1C2=C(CCCC2)C(=O)N1c1ccc(Br)c(O)c1. The normalized spacial score (nSPS) is 19.1. The number of carbonyl (C=O) groups excluding carboxylic acids is 2. The fourth-order valence-electron chi connectivity index (χ4n) is 2.61. The third-order valence-corrected chi connectivity index (χ3v) is 4.25. The molecule has 2 amide bonds. The first kappa shape index (κ1) is 12.4. The van der Waals surface area contributed by atoms with E-state index >= 15 is 0 Å². The summed E-state index contributed by atoms with van der Waals surface area (Å²) in [6, 6.07) is 4.71. The van der Waals surface area contributed by atoms with Crippen molar-refractivity contribution in [2.75, 3.05) is 4.90 Å². The van der Waals surface area contributed by atoms with Gasteiger partial charge in [-0.3, -0.25) is 9.59 Å². The number of imide groups is 1. The molecule has 98 valence electrons. The summed E-state index contributed by atoms with van der Waals surface area (Å²) < 4.78 is 0.535. The molecule has 5 heteroatoms. The monoisotopic (exact) mass is 321 g/mol. The molecule has 0 spiro atoms. The molecule has 1 aromatic carbocycles. The minimum Gasteiger partial charge on any atom is -0.507 e. The molecule has 19 heavy (non-hydrogen) atoms. The van der Waals surface area contributed by atoms with E-state index in [1.807, 2.05) is 0 Å². The van der Waals surface area contributed by atoms with E-state index < -0.39 is 0 Å². The first-order chi connectivity index (χ1) is 9.09. The molecule has 0 aromatic heterocycles. The average Bonchev–Trinajstić information content (AvgIpc) is 2.66. The van der Waals surface area contributed by atoms with Crippen LogP contribution in [0.5, 0.6) is 5.75 Å². The van der Waals surface area contributed by atoms with Crippen LogP contribution < -0.4 is 4.90 Å². The lowest BCUT2D eigenvalue weighted by molar-refractivity contribution is -0.120. The molecule has 0 unspecified atom stereocenters. The Morgan fingerprint density at radius 2 is 1.63 bits per heavy atom. The van der Waals surface area contributed by atoms with Gasteiger partial charge in [0, 0.05) is 17.2 Å². The molecule has 0 saturated carbocycles. The van der Waals surface area contributed by atoms with Crippen molar-refractivity contribution in [2.45, 2.75) is 25.7 Å². The number of hydrogen-bond acceptors (Lipinski definition) is 3. The molecule has 0 fully saturated rings. The Balaban J connectivity index is 2.01. The van der Waals surface area contributed by atoms with Gasteiger partial charge in [0.1, 0.15) is 5.75 Å². The van der Waals surface area contributed by atoms with Gasteiger partial charge in [0.05, 0.1) is 10.2 Å². The Hall–Kier alpha value is -1.62. The van der Waals surface area contributed by atoms with Gasteiger partial charge in [-0.15, -0.1) is 0 Å². The van der Waals surface area contributed by atoms with Crippen LogP contribution in [0, 0.1) is 0 Å². The van der Waals surface area contributed by atoms with Gasteiger partial charge in [-0.25, -0.2) is 4.90 Å². The number of phenolic OH excluding ortho intramolecular Hbond substituents is 1. The maximum absolute atomic E-state index is 12.3. The smallest absolute Gasteiger partial charge is 0.261 e. The zero-order valence-electron chi connectivity index (χ0n) is 10.1. The number of nitrogens with zero attached hydrogens (tertiary/aromatic N) is 1. The van der Waals surface area contributed by atoms with Crippen LogP contribution in [0.2, 0.25) is 0 Å². The van der Waals surface area contributed by atoms with Crippen molar-refractivity contribution in [3.8, 4) is 5.75 Å². The molecule has 2 aliphatic rings. The third kappa shape index (κ3) is 1.89. The minimum atomic E-state index is -0.235. The highest BCUT2D eigenvalue weighted by molar-refractivity contribution is 9.10. The molecule has 1 heterocycles. The Bertz CT molecular complexity index is 593. The van der Waals surface area contributed by atoms with Crippen LogP contribution in [0.4, 0.5) is 5.69 Å². The van der Waals surface area contributed by atoms with Crippen LogP contribution in [-0.2, 0) is 9.59 Å². The predicted octanol–water partition coefficient (Wildman–Crippen LogP) is 2.90. The summed E-state index contributed by atoms with van der Waals surface area (Å²) in [5.41, 5.74) is 1.72. The molecule has 4 nitrogen and oxygen atoms in total. The van der Waals surface area contributed by atoms with Crippen LogP contribution in [0.25, 0.3) is 0 Å². The van der Waals surface area contributed by atoms with E-state index in [9.17, 15) is 14.7 Å². The van der Waals surface area contributed by atoms with Crippen molar-refractivity contribution in [1.29, 1.82) is 0 Å². The number of phenols is 1. The highest BCUT2D eigenvalue weighted by Gasteiger charge is 2.39. The molecule has 0 bridgehead atoms. The van der Waals surface area contributed by atoms with Crippen molar-refractivity contribution in [2.24, 2.45) is 0 Å². The van der Waals surface area contributed by atoms with Gasteiger partial charge in [0.15, 0.2) is 0 Å². The van der Waals surface area contributed by atoms with Gasteiger partial charge in [-0.2, -0.15) is 0 Å². The molecule has 1 aliphatic heterocycles. The second-order valence-corrected chi connectivity index (χ2v) is 5.60. The molecule has 0 saturated heterocycles. The summed E-state index contributed by atoms with van der Waals surface area (Å²) in [7, 11) is 0. The van der Waals surface area contributed by atoms with Crippen LogP contribution in [0.1, 0.15) is 25.7 Å².